The fourth-order valence-corrected chi connectivity index (χ4v) is 2.25. The zero-order chi connectivity index (χ0) is 12.1. The van der Waals surface area contributed by atoms with E-state index in [4.69, 9.17) is 0 Å². The highest BCUT2D eigenvalue weighted by Crippen LogP contribution is 2.21. The molecule has 1 N–H and O–H groups in total. The molecule has 0 aromatic heterocycles. The van der Waals surface area contributed by atoms with Crippen molar-refractivity contribution < 1.29 is 0 Å². The summed E-state index contributed by atoms with van der Waals surface area (Å²) in [7, 11) is 0. The van der Waals surface area contributed by atoms with Crippen molar-refractivity contribution in [2.45, 2.75) is 72.0 Å². The third-order valence-electron chi connectivity index (χ3n) is 3.79. The van der Waals surface area contributed by atoms with Gasteiger partial charge in [-0.3, -0.25) is 4.90 Å². The molecule has 2 atom stereocenters. The lowest BCUT2D eigenvalue weighted by Gasteiger charge is -2.35. The molecule has 0 amide bonds. The van der Waals surface area contributed by atoms with Gasteiger partial charge in [-0.2, -0.15) is 0 Å². The van der Waals surface area contributed by atoms with Gasteiger partial charge in [-0.1, -0.05) is 27.2 Å². The Hall–Kier alpha value is -0.0800. The third-order valence-corrected chi connectivity index (χ3v) is 3.79. The lowest BCUT2D eigenvalue weighted by Crippen LogP contribution is -2.53. The summed E-state index contributed by atoms with van der Waals surface area (Å²) in [5.74, 6) is 0.884. The highest BCUT2D eigenvalue weighted by molar-refractivity contribution is 4.93. The summed E-state index contributed by atoms with van der Waals surface area (Å²) < 4.78 is 0. The quantitative estimate of drug-likeness (QED) is 0.779. The Morgan fingerprint density at radius 2 is 1.50 bits per heavy atom. The molecule has 2 aliphatic heterocycles. The maximum absolute atomic E-state index is 3.63. The lowest BCUT2D eigenvalue weighted by atomic mass is 10.2. The molecule has 0 unspecified atom stereocenters. The number of hydrogen-bond acceptors (Lipinski definition) is 2. The summed E-state index contributed by atoms with van der Waals surface area (Å²) in [5.41, 5.74) is 0. The van der Waals surface area contributed by atoms with E-state index in [1.165, 1.54) is 32.4 Å². The summed E-state index contributed by atoms with van der Waals surface area (Å²) in [6.45, 7) is 13.8. The van der Waals surface area contributed by atoms with Crippen LogP contribution in [0.3, 0.4) is 0 Å². The van der Waals surface area contributed by atoms with Crippen LogP contribution < -0.4 is 5.32 Å². The van der Waals surface area contributed by atoms with E-state index in [0.29, 0.717) is 0 Å². The van der Waals surface area contributed by atoms with Gasteiger partial charge in [0, 0.05) is 31.2 Å². The van der Waals surface area contributed by atoms with Crippen LogP contribution in [0.4, 0.5) is 0 Å². The molecule has 0 aromatic carbocycles. The average Bonchev–Trinajstić information content (AvgIpc) is 2.58. The minimum atomic E-state index is 0.736. The Balaban J connectivity index is 0.000000221. The van der Waals surface area contributed by atoms with Crippen LogP contribution in [0.5, 0.6) is 0 Å². The SMILES string of the molecule is CC(C)N1C[C@H]2CC[C@@H](C1)N2.CCC(C)C. The Kier molecular flexibility index (Phi) is 5.77. The van der Waals surface area contributed by atoms with E-state index >= 15 is 0 Å². The molecule has 0 saturated carbocycles. The maximum Gasteiger partial charge on any atom is 0.0198 e. The van der Waals surface area contributed by atoms with E-state index in [9.17, 15) is 0 Å². The molecule has 0 aromatic rings. The summed E-state index contributed by atoms with van der Waals surface area (Å²) in [4.78, 5) is 2.60. The fraction of sp³-hybridized carbons (Fsp3) is 1.00. The predicted molar refractivity (Wildman–Crippen MR) is 71.8 cm³/mol. The lowest BCUT2D eigenvalue weighted by molar-refractivity contribution is 0.158. The average molecular weight is 226 g/mol. The van der Waals surface area contributed by atoms with E-state index in [1.807, 2.05) is 0 Å². The molecule has 96 valence electrons. The molecule has 0 spiro atoms. The standard InChI is InChI=1S/C9H18N2.C5H12/c1-7(2)11-5-8-3-4-9(6-11)10-8;1-4-5(2)3/h7-10H,3-6H2,1-2H3;5H,4H2,1-3H3/t8-,9+;. The van der Waals surface area contributed by atoms with Crippen molar-refractivity contribution >= 4 is 0 Å². The predicted octanol–water partition coefficient (Wildman–Crippen LogP) is 2.88. The van der Waals surface area contributed by atoms with Gasteiger partial charge in [0.15, 0.2) is 0 Å². The van der Waals surface area contributed by atoms with Crippen LogP contribution in [0.25, 0.3) is 0 Å². The molecule has 2 saturated heterocycles. The summed E-state index contributed by atoms with van der Waals surface area (Å²) in [5, 5.41) is 3.63. The molecule has 2 bridgehead atoms. The topological polar surface area (TPSA) is 15.3 Å². The van der Waals surface area contributed by atoms with Crippen LogP contribution >= 0.6 is 0 Å². The Morgan fingerprint density at radius 1 is 1.06 bits per heavy atom. The first-order valence-electron chi connectivity index (χ1n) is 7.03. The van der Waals surface area contributed by atoms with E-state index < -0.39 is 0 Å². The van der Waals surface area contributed by atoms with Crippen molar-refractivity contribution in [1.29, 1.82) is 0 Å². The van der Waals surface area contributed by atoms with Crippen molar-refractivity contribution in [2.24, 2.45) is 5.92 Å². The number of nitrogens with zero attached hydrogens (tertiary/aromatic N) is 1. The molecule has 0 aliphatic carbocycles. The van der Waals surface area contributed by atoms with Gasteiger partial charge >= 0.3 is 0 Å². The van der Waals surface area contributed by atoms with Crippen molar-refractivity contribution in [3.05, 3.63) is 0 Å². The van der Waals surface area contributed by atoms with Gasteiger partial charge in [-0.15, -0.1) is 0 Å². The van der Waals surface area contributed by atoms with E-state index in [0.717, 1.165) is 24.0 Å². The number of hydrogen-bond donors (Lipinski definition) is 1. The monoisotopic (exact) mass is 226 g/mol. The second-order valence-corrected chi connectivity index (χ2v) is 5.99. The van der Waals surface area contributed by atoms with Crippen LogP contribution in [0.1, 0.15) is 53.9 Å². The van der Waals surface area contributed by atoms with Gasteiger partial charge in [0.25, 0.3) is 0 Å². The van der Waals surface area contributed by atoms with Crippen molar-refractivity contribution in [3.8, 4) is 0 Å². The first kappa shape index (κ1) is 14.0. The van der Waals surface area contributed by atoms with Crippen LogP contribution in [-0.4, -0.2) is 36.1 Å². The smallest absolute Gasteiger partial charge is 0.0198 e. The van der Waals surface area contributed by atoms with Crippen molar-refractivity contribution in [3.63, 3.8) is 0 Å². The van der Waals surface area contributed by atoms with Gasteiger partial charge in [-0.05, 0) is 32.6 Å². The first-order chi connectivity index (χ1) is 7.52. The van der Waals surface area contributed by atoms with Gasteiger partial charge < -0.3 is 5.32 Å². The van der Waals surface area contributed by atoms with E-state index in [2.05, 4.69) is 44.8 Å². The van der Waals surface area contributed by atoms with E-state index in [1.54, 1.807) is 0 Å². The zero-order valence-corrected chi connectivity index (χ0v) is 11.8. The van der Waals surface area contributed by atoms with Crippen molar-refractivity contribution in [2.75, 3.05) is 13.1 Å². The minimum Gasteiger partial charge on any atom is -0.309 e. The van der Waals surface area contributed by atoms with Crippen LogP contribution in [0.2, 0.25) is 0 Å². The molecule has 2 rings (SSSR count). The minimum absolute atomic E-state index is 0.736. The molecular formula is C14H30N2. The van der Waals surface area contributed by atoms with Gasteiger partial charge in [0.1, 0.15) is 0 Å². The van der Waals surface area contributed by atoms with Crippen LogP contribution in [0, 0.1) is 5.92 Å². The number of rotatable bonds is 2. The van der Waals surface area contributed by atoms with Crippen LogP contribution in [0.15, 0.2) is 0 Å². The second-order valence-electron chi connectivity index (χ2n) is 5.99. The van der Waals surface area contributed by atoms with Gasteiger partial charge in [0.2, 0.25) is 0 Å². The summed E-state index contributed by atoms with van der Waals surface area (Å²) in [6, 6.07) is 2.34. The maximum atomic E-state index is 3.63. The number of nitrogens with one attached hydrogen (secondary N) is 1. The third kappa shape index (κ3) is 4.42. The Morgan fingerprint density at radius 3 is 1.81 bits per heavy atom. The Bertz CT molecular complexity index is 177. The number of piperazine rings is 1. The molecule has 2 heterocycles. The zero-order valence-electron chi connectivity index (χ0n) is 11.8. The highest BCUT2D eigenvalue weighted by Gasteiger charge is 2.32. The summed E-state index contributed by atoms with van der Waals surface area (Å²) in [6.07, 6.45) is 4.10. The number of likely N-dealkylation sites (tertiary alicyclic amines) is 1. The van der Waals surface area contributed by atoms with Crippen LogP contribution in [-0.2, 0) is 0 Å². The molecule has 2 heteroatoms. The van der Waals surface area contributed by atoms with Gasteiger partial charge in [0.05, 0.1) is 0 Å². The largest absolute Gasteiger partial charge is 0.309 e. The Labute approximate surface area is 102 Å². The molecule has 2 aliphatic rings. The first-order valence-corrected chi connectivity index (χ1v) is 7.03. The molecular weight excluding hydrogens is 196 g/mol. The molecule has 0 radical (unpaired) electrons. The highest BCUT2D eigenvalue weighted by atomic mass is 15.2. The second kappa shape index (κ2) is 6.61. The molecule has 16 heavy (non-hydrogen) atoms. The van der Waals surface area contributed by atoms with Gasteiger partial charge in [-0.25, -0.2) is 0 Å². The molecule has 2 nitrogen and oxygen atoms in total. The van der Waals surface area contributed by atoms with Crippen molar-refractivity contribution in [1.82, 2.24) is 10.2 Å². The van der Waals surface area contributed by atoms with E-state index in [-0.39, 0.29) is 0 Å². The normalized spacial score (nSPS) is 29.4. The fourth-order valence-electron chi connectivity index (χ4n) is 2.25. The molecule has 2 fully saturated rings. The number of fused-ring (bicyclic) bond motifs is 2. The summed E-state index contributed by atoms with van der Waals surface area (Å²) >= 11 is 0.